The molecule has 2 rings (SSSR count). The molecule has 0 spiro atoms. The normalized spacial score (nSPS) is 10.8. The minimum Gasteiger partial charge on any atom is -0.493 e. The molecule has 20 heavy (non-hydrogen) atoms. The molecule has 1 heterocycles. The van der Waals surface area contributed by atoms with E-state index in [9.17, 15) is 4.79 Å². The Morgan fingerprint density at radius 2 is 2.20 bits per heavy atom. The SMILES string of the molecule is O=C(O)C=Cc1ccc(OCCSc2nccs2)cc1. The molecular weight excluding hydrogens is 294 g/mol. The second-order valence-corrected chi connectivity index (χ2v) is 5.97. The van der Waals surface area contributed by atoms with Crippen LogP contribution in [0, 0.1) is 0 Å². The summed E-state index contributed by atoms with van der Waals surface area (Å²) >= 11 is 3.29. The van der Waals surface area contributed by atoms with E-state index < -0.39 is 5.97 Å². The lowest BCUT2D eigenvalue weighted by molar-refractivity contribution is -0.131. The van der Waals surface area contributed by atoms with Gasteiger partial charge in [0.15, 0.2) is 0 Å². The summed E-state index contributed by atoms with van der Waals surface area (Å²) in [6, 6.07) is 7.30. The lowest BCUT2D eigenvalue weighted by Crippen LogP contribution is -1.99. The number of hydrogen-bond acceptors (Lipinski definition) is 5. The molecule has 104 valence electrons. The van der Waals surface area contributed by atoms with Gasteiger partial charge in [-0.3, -0.25) is 0 Å². The van der Waals surface area contributed by atoms with E-state index >= 15 is 0 Å². The van der Waals surface area contributed by atoms with E-state index in [0.717, 1.165) is 27.5 Å². The molecule has 0 unspecified atom stereocenters. The average molecular weight is 307 g/mol. The van der Waals surface area contributed by atoms with Crippen LogP contribution in [0.25, 0.3) is 6.08 Å². The van der Waals surface area contributed by atoms with Gasteiger partial charge >= 0.3 is 5.97 Å². The highest BCUT2D eigenvalue weighted by atomic mass is 32.2. The van der Waals surface area contributed by atoms with Crippen LogP contribution >= 0.6 is 23.1 Å². The number of carboxylic acid groups (broad SMARTS) is 1. The molecule has 0 aliphatic carbocycles. The Morgan fingerprint density at radius 3 is 2.85 bits per heavy atom. The molecule has 0 aliphatic rings. The molecule has 1 aromatic carbocycles. The molecule has 0 aliphatic heterocycles. The van der Waals surface area contributed by atoms with Crippen LogP contribution in [-0.2, 0) is 4.79 Å². The van der Waals surface area contributed by atoms with Crippen LogP contribution in [-0.4, -0.2) is 28.4 Å². The largest absolute Gasteiger partial charge is 0.493 e. The molecule has 6 heteroatoms. The number of thiazole rings is 1. The summed E-state index contributed by atoms with van der Waals surface area (Å²) in [6.07, 6.45) is 4.45. The molecule has 0 saturated heterocycles. The maximum atomic E-state index is 10.4. The highest BCUT2D eigenvalue weighted by Crippen LogP contribution is 2.20. The van der Waals surface area contributed by atoms with Crippen molar-refractivity contribution in [1.82, 2.24) is 4.98 Å². The molecule has 1 N–H and O–H groups in total. The number of hydrogen-bond donors (Lipinski definition) is 1. The van der Waals surface area contributed by atoms with Crippen LogP contribution in [0.2, 0.25) is 0 Å². The quantitative estimate of drug-likeness (QED) is 0.482. The summed E-state index contributed by atoms with van der Waals surface area (Å²) in [7, 11) is 0. The van der Waals surface area contributed by atoms with Crippen LogP contribution < -0.4 is 4.74 Å². The van der Waals surface area contributed by atoms with Gasteiger partial charge < -0.3 is 9.84 Å². The van der Waals surface area contributed by atoms with Crippen molar-refractivity contribution in [3.05, 3.63) is 47.5 Å². The second-order valence-electron chi connectivity index (χ2n) is 3.74. The minimum atomic E-state index is -0.954. The van der Waals surface area contributed by atoms with Crippen molar-refractivity contribution in [3.8, 4) is 5.75 Å². The van der Waals surface area contributed by atoms with Crippen LogP contribution in [0.5, 0.6) is 5.75 Å². The van der Waals surface area contributed by atoms with Gasteiger partial charge in [-0.2, -0.15) is 0 Å². The number of carboxylic acids is 1. The number of carbonyl (C=O) groups is 1. The molecule has 0 atom stereocenters. The number of benzene rings is 1. The summed E-state index contributed by atoms with van der Waals surface area (Å²) in [5.74, 6) is 0.663. The van der Waals surface area contributed by atoms with Crippen molar-refractivity contribution < 1.29 is 14.6 Å². The zero-order valence-electron chi connectivity index (χ0n) is 10.6. The van der Waals surface area contributed by atoms with Gasteiger partial charge in [-0.05, 0) is 23.8 Å². The first kappa shape index (κ1) is 14.6. The highest BCUT2D eigenvalue weighted by molar-refractivity contribution is 8.01. The number of nitrogens with zero attached hydrogens (tertiary/aromatic N) is 1. The number of aromatic nitrogens is 1. The van der Waals surface area contributed by atoms with E-state index in [0.29, 0.717) is 6.61 Å². The van der Waals surface area contributed by atoms with E-state index in [2.05, 4.69) is 4.98 Å². The summed E-state index contributed by atoms with van der Waals surface area (Å²) in [5.41, 5.74) is 0.830. The van der Waals surface area contributed by atoms with Gasteiger partial charge in [0.25, 0.3) is 0 Å². The summed E-state index contributed by atoms with van der Waals surface area (Å²) in [5, 5.41) is 10.5. The van der Waals surface area contributed by atoms with Gasteiger partial charge in [-0.15, -0.1) is 11.3 Å². The molecule has 0 saturated carbocycles. The maximum Gasteiger partial charge on any atom is 0.328 e. The molecular formula is C14H13NO3S2. The number of rotatable bonds is 7. The predicted octanol–water partition coefficient (Wildman–Crippen LogP) is 3.41. The highest BCUT2D eigenvalue weighted by Gasteiger charge is 1.98. The van der Waals surface area contributed by atoms with E-state index in [1.807, 2.05) is 29.6 Å². The average Bonchev–Trinajstić information content (AvgIpc) is 2.96. The molecule has 0 amide bonds. The Bertz CT molecular complexity index is 565. The Balaban J connectivity index is 1.74. The topological polar surface area (TPSA) is 59.4 Å². The first-order chi connectivity index (χ1) is 9.74. The Hall–Kier alpha value is -1.79. The van der Waals surface area contributed by atoms with Crippen LogP contribution in [0.15, 0.2) is 46.3 Å². The maximum absolute atomic E-state index is 10.4. The molecule has 2 aromatic rings. The molecule has 0 radical (unpaired) electrons. The fourth-order valence-corrected chi connectivity index (χ4v) is 2.94. The number of aliphatic carboxylic acids is 1. The zero-order valence-corrected chi connectivity index (χ0v) is 12.2. The van der Waals surface area contributed by atoms with Gasteiger partial charge in [0, 0.05) is 23.4 Å². The molecule has 0 bridgehead atoms. The zero-order chi connectivity index (χ0) is 14.2. The molecule has 4 nitrogen and oxygen atoms in total. The van der Waals surface area contributed by atoms with Crippen LogP contribution in [0.3, 0.4) is 0 Å². The summed E-state index contributed by atoms with van der Waals surface area (Å²) in [4.78, 5) is 14.6. The fourth-order valence-electron chi connectivity index (χ4n) is 1.41. The first-order valence-electron chi connectivity index (χ1n) is 5.90. The summed E-state index contributed by atoms with van der Waals surface area (Å²) in [6.45, 7) is 0.606. The van der Waals surface area contributed by atoms with Crippen molar-refractivity contribution in [1.29, 1.82) is 0 Å². The predicted molar refractivity (Wildman–Crippen MR) is 81.4 cm³/mol. The summed E-state index contributed by atoms with van der Waals surface area (Å²) < 4.78 is 6.64. The van der Waals surface area contributed by atoms with Crippen molar-refractivity contribution in [2.75, 3.05) is 12.4 Å². The van der Waals surface area contributed by atoms with Crippen molar-refractivity contribution in [2.24, 2.45) is 0 Å². The van der Waals surface area contributed by atoms with Crippen molar-refractivity contribution >= 4 is 35.1 Å². The standard InChI is InChI=1S/C14H13NO3S2/c16-13(17)6-3-11-1-4-12(5-2-11)18-8-10-20-14-15-7-9-19-14/h1-7,9H,8,10H2,(H,16,17). The Morgan fingerprint density at radius 1 is 1.40 bits per heavy atom. The monoisotopic (exact) mass is 307 g/mol. The molecule has 1 aromatic heterocycles. The van der Waals surface area contributed by atoms with Gasteiger partial charge in [0.1, 0.15) is 10.1 Å². The van der Waals surface area contributed by atoms with Gasteiger partial charge in [0.05, 0.1) is 6.61 Å². The third-order valence-electron chi connectivity index (χ3n) is 2.29. The van der Waals surface area contributed by atoms with Crippen molar-refractivity contribution in [2.45, 2.75) is 4.34 Å². The van der Waals surface area contributed by atoms with Gasteiger partial charge in [-0.25, -0.2) is 9.78 Å². The lowest BCUT2D eigenvalue weighted by Gasteiger charge is -2.05. The minimum absolute atomic E-state index is 0.606. The fraction of sp³-hybridized carbons (Fsp3) is 0.143. The van der Waals surface area contributed by atoms with Crippen LogP contribution in [0.4, 0.5) is 0 Å². The first-order valence-corrected chi connectivity index (χ1v) is 7.77. The Labute approximate surface area is 125 Å². The van der Waals surface area contributed by atoms with E-state index in [4.69, 9.17) is 9.84 Å². The Kier molecular flexibility index (Phi) is 5.64. The number of ether oxygens (including phenoxy) is 1. The van der Waals surface area contributed by atoms with Gasteiger partial charge in [-0.1, -0.05) is 23.9 Å². The van der Waals surface area contributed by atoms with E-state index in [1.54, 1.807) is 35.4 Å². The number of thioether (sulfide) groups is 1. The van der Waals surface area contributed by atoms with Crippen molar-refractivity contribution in [3.63, 3.8) is 0 Å². The van der Waals surface area contributed by atoms with Gasteiger partial charge in [0.2, 0.25) is 0 Å². The second kappa shape index (κ2) is 7.72. The van der Waals surface area contributed by atoms with Crippen LogP contribution in [0.1, 0.15) is 5.56 Å². The lowest BCUT2D eigenvalue weighted by atomic mass is 10.2. The third-order valence-corrected chi connectivity index (χ3v) is 4.22. The van der Waals surface area contributed by atoms with E-state index in [-0.39, 0.29) is 0 Å². The molecule has 0 fully saturated rings. The smallest absolute Gasteiger partial charge is 0.328 e. The van der Waals surface area contributed by atoms with E-state index in [1.165, 1.54) is 0 Å². The third kappa shape index (κ3) is 5.07.